The van der Waals surface area contributed by atoms with Gasteiger partial charge in [-0.25, -0.2) is 4.98 Å². The number of fused-ring (bicyclic) bond motifs is 2. The molecule has 7 heteroatoms. The van der Waals surface area contributed by atoms with Crippen molar-refractivity contribution in [3.05, 3.63) is 68.9 Å². The molecule has 0 spiro atoms. The van der Waals surface area contributed by atoms with E-state index in [0.717, 1.165) is 33.3 Å². The Hall–Kier alpha value is -2.48. The number of nitrogens with one attached hydrogen (secondary N) is 1. The van der Waals surface area contributed by atoms with E-state index in [1.54, 1.807) is 11.3 Å². The Bertz CT molecular complexity index is 1180. The summed E-state index contributed by atoms with van der Waals surface area (Å²) in [6.07, 6.45) is 0.940. The molecule has 0 radical (unpaired) electrons. The Morgan fingerprint density at radius 2 is 2.14 bits per heavy atom. The highest BCUT2D eigenvalue weighted by Crippen LogP contribution is 2.34. The smallest absolute Gasteiger partial charge is 0.260 e. The molecule has 0 saturated carbocycles. The molecule has 0 saturated heterocycles. The molecule has 0 amide bonds. The van der Waals surface area contributed by atoms with E-state index in [9.17, 15) is 4.79 Å². The Morgan fingerprint density at radius 3 is 3.00 bits per heavy atom. The van der Waals surface area contributed by atoms with Crippen LogP contribution in [0.1, 0.15) is 36.8 Å². The maximum Gasteiger partial charge on any atom is 0.260 e. The number of aromatic amines is 1. The maximum atomic E-state index is 12.9. The van der Waals surface area contributed by atoms with Crippen LogP contribution in [0, 0.1) is 0 Å². The predicted octanol–water partition coefficient (Wildman–Crippen LogP) is 3.86. The highest BCUT2D eigenvalue weighted by Gasteiger charge is 2.27. The van der Waals surface area contributed by atoms with E-state index in [4.69, 9.17) is 9.72 Å². The van der Waals surface area contributed by atoms with Crippen LogP contribution in [-0.2, 0) is 0 Å². The summed E-state index contributed by atoms with van der Waals surface area (Å²) in [5.74, 6) is 1.68. The minimum Gasteiger partial charge on any atom is -0.493 e. The second-order valence-corrected chi connectivity index (χ2v) is 8.83. The summed E-state index contributed by atoms with van der Waals surface area (Å²) in [5.41, 5.74) is 2.13. The van der Waals surface area contributed by atoms with Crippen molar-refractivity contribution >= 4 is 32.9 Å². The molecule has 3 N–H and O–H groups in total. The van der Waals surface area contributed by atoms with Gasteiger partial charge >= 0.3 is 0 Å². The number of hydrogen-bond donors (Lipinski definition) is 2. The minimum absolute atomic E-state index is 0.0422. The first-order valence-electron chi connectivity index (χ1n) is 9.32. The lowest BCUT2D eigenvalue weighted by atomic mass is 10.00. The molecule has 4 heterocycles. The number of aromatic nitrogens is 2. The van der Waals surface area contributed by atoms with Crippen LogP contribution in [0.2, 0.25) is 0 Å². The van der Waals surface area contributed by atoms with Crippen molar-refractivity contribution in [3.8, 4) is 16.2 Å². The molecule has 142 valence electrons. The SMILES string of the molecule is C[C@H]([NH2+][C@H]1CCOc2ccccc21)c1nc2scc(-c3cccs3)c2c(=O)[nH]1. The number of H-pyrrole nitrogens is 1. The van der Waals surface area contributed by atoms with Crippen molar-refractivity contribution in [2.24, 2.45) is 0 Å². The Morgan fingerprint density at radius 1 is 1.25 bits per heavy atom. The topological polar surface area (TPSA) is 71.6 Å². The lowest BCUT2D eigenvalue weighted by molar-refractivity contribution is -0.734. The third-order valence-corrected chi connectivity index (χ3v) is 6.98. The van der Waals surface area contributed by atoms with E-state index in [-0.39, 0.29) is 11.6 Å². The molecule has 0 unspecified atom stereocenters. The van der Waals surface area contributed by atoms with Crippen LogP contribution in [-0.4, -0.2) is 16.6 Å². The van der Waals surface area contributed by atoms with Crippen LogP contribution in [0.4, 0.5) is 0 Å². The molecule has 0 aliphatic carbocycles. The van der Waals surface area contributed by atoms with Gasteiger partial charge in [0, 0.05) is 22.2 Å². The van der Waals surface area contributed by atoms with Crippen molar-refractivity contribution in [1.82, 2.24) is 9.97 Å². The van der Waals surface area contributed by atoms with Crippen molar-refractivity contribution in [2.75, 3.05) is 6.61 Å². The van der Waals surface area contributed by atoms with Gasteiger partial charge in [0.05, 0.1) is 17.6 Å². The Labute approximate surface area is 170 Å². The highest BCUT2D eigenvalue weighted by molar-refractivity contribution is 7.18. The monoisotopic (exact) mass is 410 g/mol. The van der Waals surface area contributed by atoms with E-state index in [0.29, 0.717) is 18.0 Å². The Kier molecular flexibility index (Phi) is 4.50. The van der Waals surface area contributed by atoms with Gasteiger partial charge in [0.2, 0.25) is 0 Å². The van der Waals surface area contributed by atoms with Gasteiger partial charge in [0.1, 0.15) is 22.7 Å². The molecular formula is C21H20N3O2S2+. The van der Waals surface area contributed by atoms with Gasteiger partial charge in [-0.05, 0) is 30.5 Å². The first-order chi connectivity index (χ1) is 13.7. The summed E-state index contributed by atoms with van der Waals surface area (Å²) in [6, 6.07) is 12.6. The van der Waals surface area contributed by atoms with Gasteiger partial charge in [-0.1, -0.05) is 18.2 Å². The van der Waals surface area contributed by atoms with Crippen LogP contribution >= 0.6 is 22.7 Å². The third kappa shape index (κ3) is 3.05. The summed E-state index contributed by atoms with van der Waals surface area (Å²) in [6.45, 7) is 2.80. The molecule has 5 nitrogen and oxygen atoms in total. The average Bonchev–Trinajstić information content (AvgIpc) is 3.38. The number of thiophene rings is 2. The summed E-state index contributed by atoms with van der Waals surface area (Å²) in [5, 5.41) is 7.03. The fourth-order valence-electron chi connectivity index (χ4n) is 3.80. The number of para-hydroxylation sites is 1. The van der Waals surface area contributed by atoms with E-state index in [1.807, 2.05) is 41.1 Å². The maximum absolute atomic E-state index is 12.9. The van der Waals surface area contributed by atoms with Crippen LogP contribution in [0.3, 0.4) is 0 Å². The number of nitrogens with zero attached hydrogens (tertiary/aromatic N) is 1. The molecule has 1 aliphatic rings. The molecule has 2 atom stereocenters. The summed E-state index contributed by atoms with van der Waals surface area (Å²) < 4.78 is 5.77. The van der Waals surface area contributed by atoms with Gasteiger partial charge in [-0.2, -0.15) is 0 Å². The van der Waals surface area contributed by atoms with Gasteiger partial charge < -0.3 is 15.0 Å². The molecule has 1 aliphatic heterocycles. The second-order valence-electron chi connectivity index (χ2n) is 7.02. The fraction of sp³-hybridized carbons (Fsp3) is 0.238. The predicted molar refractivity (Wildman–Crippen MR) is 113 cm³/mol. The van der Waals surface area contributed by atoms with Crippen molar-refractivity contribution in [2.45, 2.75) is 25.4 Å². The largest absolute Gasteiger partial charge is 0.493 e. The number of benzene rings is 1. The number of nitrogens with two attached hydrogens (primary N) is 1. The average molecular weight is 411 g/mol. The molecule has 0 bridgehead atoms. The fourth-order valence-corrected chi connectivity index (χ4v) is 5.57. The van der Waals surface area contributed by atoms with Gasteiger partial charge in [-0.3, -0.25) is 4.79 Å². The van der Waals surface area contributed by atoms with E-state index in [2.05, 4.69) is 23.3 Å². The second kappa shape index (κ2) is 7.16. The minimum atomic E-state index is -0.0581. The number of hydrogen-bond acceptors (Lipinski definition) is 5. The van der Waals surface area contributed by atoms with E-state index >= 15 is 0 Å². The quantitative estimate of drug-likeness (QED) is 0.537. The summed E-state index contributed by atoms with van der Waals surface area (Å²) in [7, 11) is 0. The van der Waals surface area contributed by atoms with E-state index < -0.39 is 0 Å². The van der Waals surface area contributed by atoms with Crippen LogP contribution in [0.25, 0.3) is 20.7 Å². The molecular weight excluding hydrogens is 390 g/mol. The molecule has 28 heavy (non-hydrogen) atoms. The molecule has 1 aromatic carbocycles. The standard InChI is InChI=1S/C21H19N3O2S2/c1-12(22-15-8-9-26-16-6-3-2-5-13(15)16)19-23-20(25)18-14(11-28-21(18)24-19)17-7-4-10-27-17/h2-7,10-12,15,22H,8-9H2,1H3,(H,23,24,25)/p+1/t12-,15-/m0/s1. The van der Waals surface area contributed by atoms with Crippen molar-refractivity contribution in [1.29, 1.82) is 0 Å². The van der Waals surface area contributed by atoms with Gasteiger partial charge in [0.25, 0.3) is 5.56 Å². The normalized spacial score (nSPS) is 17.2. The molecule has 0 fully saturated rings. The third-order valence-electron chi connectivity index (χ3n) is 5.21. The first kappa shape index (κ1) is 17.6. The van der Waals surface area contributed by atoms with E-state index in [1.165, 1.54) is 16.9 Å². The zero-order chi connectivity index (χ0) is 19.1. The summed E-state index contributed by atoms with van der Waals surface area (Å²) in [4.78, 5) is 22.6. The van der Waals surface area contributed by atoms with Gasteiger partial charge in [-0.15, -0.1) is 22.7 Å². The molecule has 4 aromatic rings. The number of ether oxygens (including phenoxy) is 1. The highest BCUT2D eigenvalue weighted by atomic mass is 32.1. The number of quaternary nitrogens is 1. The lowest BCUT2D eigenvalue weighted by Crippen LogP contribution is -2.86. The number of rotatable bonds is 4. The van der Waals surface area contributed by atoms with Crippen molar-refractivity contribution < 1.29 is 10.1 Å². The van der Waals surface area contributed by atoms with Crippen molar-refractivity contribution in [3.63, 3.8) is 0 Å². The zero-order valence-electron chi connectivity index (χ0n) is 15.3. The van der Waals surface area contributed by atoms with Crippen LogP contribution in [0.5, 0.6) is 5.75 Å². The molecule has 3 aromatic heterocycles. The van der Waals surface area contributed by atoms with Gasteiger partial charge in [0.15, 0.2) is 5.82 Å². The first-order valence-corrected chi connectivity index (χ1v) is 11.1. The zero-order valence-corrected chi connectivity index (χ0v) is 17.0. The summed E-state index contributed by atoms with van der Waals surface area (Å²) >= 11 is 3.17. The Balaban J connectivity index is 1.46. The van der Waals surface area contributed by atoms with Crippen LogP contribution in [0.15, 0.2) is 52.0 Å². The molecule has 5 rings (SSSR count). The lowest BCUT2D eigenvalue weighted by Gasteiger charge is -2.26. The van der Waals surface area contributed by atoms with Crippen LogP contribution < -0.4 is 15.6 Å².